The highest BCUT2D eigenvalue weighted by atomic mass is 79.9. The van der Waals surface area contributed by atoms with Crippen molar-refractivity contribution in [3.8, 4) is 0 Å². The highest BCUT2D eigenvalue weighted by molar-refractivity contribution is 9.10. The van der Waals surface area contributed by atoms with Gasteiger partial charge in [-0.15, -0.1) is 12.4 Å². The Hall–Kier alpha value is -1.11. The van der Waals surface area contributed by atoms with Gasteiger partial charge in [-0.2, -0.15) is 0 Å². The molecule has 0 saturated heterocycles. The van der Waals surface area contributed by atoms with Crippen LogP contribution in [0.25, 0.3) is 0 Å². The lowest BCUT2D eigenvalue weighted by molar-refractivity contribution is -0.129. The van der Waals surface area contributed by atoms with E-state index >= 15 is 0 Å². The first kappa shape index (κ1) is 17.9. The minimum atomic E-state index is -1.17. The molecule has 4 N–H and O–H groups in total. The van der Waals surface area contributed by atoms with Gasteiger partial charge in [-0.25, -0.2) is 0 Å². The Bertz CT molecular complexity index is 449. The number of amides is 2. The second-order valence-corrected chi connectivity index (χ2v) is 4.98. The van der Waals surface area contributed by atoms with Gasteiger partial charge in [-0.3, -0.25) is 9.59 Å². The Labute approximate surface area is 126 Å². The third-order valence-electron chi connectivity index (χ3n) is 2.60. The molecule has 0 radical (unpaired) electrons. The van der Waals surface area contributed by atoms with Gasteiger partial charge in [0, 0.05) is 11.5 Å². The number of hydrogen-bond acceptors (Lipinski definition) is 3. The third kappa shape index (κ3) is 4.81. The summed E-state index contributed by atoms with van der Waals surface area (Å²) >= 11 is 3.31. The summed E-state index contributed by atoms with van der Waals surface area (Å²) in [5.41, 5.74) is 5.51. The first-order valence-corrected chi connectivity index (χ1v) is 6.21. The Balaban J connectivity index is 0.00000324. The van der Waals surface area contributed by atoms with E-state index in [2.05, 4.69) is 26.6 Å². The number of halogens is 2. The van der Waals surface area contributed by atoms with Crippen molar-refractivity contribution in [2.75, 3.05) is 13.6 Å². The van der Waals surface area contributed by atoms with E-state index in [1.807, 2.05) is 12.1 Å². The molecule has 0 bridgehead atoms. The predicted octanol–water partition coefficient (Wildman–Crippen LogP) is 0.907. The van der Waals surface area contributed by atoms with E-state index in [0.29, 0.717) is 5.56 Å². The molecule has 1 aromatic rings. The van der Waals surface area contributed by atoms with E-state index in [0.717, 1.165) is 4.47 Å². The van der Waals surface area contributed by atoms with Crippen LogP contribution in [0.15, 0.2) is 28.7 Å². The third-order valence-corrected chi connectivity index (χ3v) is 3.13. The van der Waals surface area contributed by atoms with Gasteiger partial charge in [0.05, 0.1) is 6.54 Å². The van der Waals surface area contributed by atoms with E-state index in [9.17, 15) is 9.59 Å². The number of carbonyl (C=O) groups is 2. The molecule has 0 aliphatic heterocycles. The number of rotatable bonds is 4. The number of carbonyl (C=O) groups excluding carboxylic acids is 2. The average Bonchev–Trinajstić information content (AvgIpc) is 2.35. The van der Waals surface area contributed by atoms with Crippen molar-refractivity contribution in [3.05, 3.63) is 34.3 Å². The second kappa shape index (κ2) is 7.47. The fourth-order valence-corrected chi connectivity index (χ4v) is 1.62. The molecule has 1 unspecified atom stereocenters. The van der Waals surface area contributed by atoms with Crippen molar-refractivity contribution in [1.82, 2.24) is 10.6 Å². The van der Waals surface area contributed by atoms with Crippen LogP contribution in [0.4, 0.5) is 0 Å². The Morgan fingerprint density at radius 1 is 1.32 bits per heavy atom. The summed E-state index contributed by atoms with van der Waals surface area (Å²) in [6.07, 6.45) is 0. The van der Waals surface area contributed by atoms with Crippen LogP contribution < -0.4 is 16.4 Å². The van der Waals surface area contributed by atoms with E-state index < -0.39 is 11.4 Å². The maximum Gasteiger partial charge on any atom is 0.244 e. The monoisotopic (exact) mass is 349 g/mol. The zero-order valence-electron chi connectivity index (χ0n) is 10.7. The normalized spacial score (nSPS) is 12.8. The lowest BCUT2D eigenvalue weighted by Crippen LogP contribution is -2.51. The molecule has 1 aromatic carbocycles. The van der Waals surface area contributed by atoms with E-state index in [1.165, 1.54) is 7.05 Å². The molecule has 0 aliphatic carbocycles. The maximum atomic E-state index is 11.9. The molecular weight excluding hydrogens is 334 g/mol. The number of hydrogen-bond donors (Lipinski definition) is 3. The molecule has 0 heterocycles. The highest BCUT2D eigenvalue weighted by Crippen LogP contribution is 2.20. The maximum absolute atomic E-state index is 11.9. The van der Waals surface area contributed by atoms with Crippen LogP contribution >= 0.6 is 28.3 Å². The molecule has 0 fully saturated rings. The van der Waals surface area contributed by atoms with Gasteiger partial charge in [0.1, 0.15) is 5.54 Å². The summed E-state index contributed by atoms with van der Waals surface area (Å²) in [5, 5.41) is 4.92. The number of nitrogens with one attached hydrogen (secondary N) is 2. The quantitative estimate of drug-likeness (QED) is 0.754. The van der Waals surface area contributed by atoms with E-state index in [1.54, 1.807) is 19.1 Å². The van der Waals surface area contributed by atoms with Crippen molar-refractivity contribution < 1.29 is 9.59 Å². The summed E-state index contributed by atoms with van der Waals surface area (Å²) in [5.74, 6) is -0.664. The van der Waals surface area contributed by atoms with Gasteiger partial charge < -0.3 is 16.4 Å². The molecule has 5 nitrogen and oxygen atoms in total. The van der Waals surface area contributed by atoms with Crippen molar-refractivity contribution in [1.29, 1.82) is 0 Å². The lowest BCUT2D eigenvalue weighted by atomic mass is 9.92. The van der Waals surface area contributed by atoms with Gasteiger partial charge in [0.25, 0.3) is 0 Å². The first-order chi connectivity index (χ1) is 8.37. The Morgan fingerprint density at radius 3 is 2.32 bits per heavy atom. The van der Waals surface area contributed by atoms with Gasteiger partial charge >= 0.3 is 0 Å². The molecule has 19 heavy (non-hydrogen) atoms. The van der Waals surface area contributed by atoms with Crippen LogP contribution in [0.1, 0.15) is 12.5 Å². The van der Waals surface area contributed by atoms with Crippen LogP contribution in [-0.4, -0.2) is 25.4 Å². The fraction of sp³-hybridized carbons (Fsp3) is 0.333. The summed E-state index contributed by atoms with van der Waals surface area (Å²) in [4.78, 5) is 23.0. The molecule has 2 amide bonds. The molecule has 106 valence electrons. The van der Waals surface area contributed by atoms with Crippen LogP contribution in [0.2, 0.25) is 0 Å². The molecule has 0 spiro atoms. The Morgan fingerprint density at radius 2 is 1.84 bits per heavy atom. The summed E-state index contributed by atoms with van der Waals surface area (Å²) in [7, 11) is 1.50. The van der Waals surface area contributed by atoms with Crippen LogP contribution in [0, 0.1) is 0 Å². The molecule has 0 aliphatic rings. The first-order valence-electron chi connectivity index (χ1n) is 5.41. The van der Waals surface area contributed by atoms with Crippen molar-refractivity contribution in [2.24, 2.45) is 5.73 Å². The standard InChI is InChI=1S/C12H16BrN3O2.ClH/c1-12(14,8-3-5-9(13)6-4-8)11(18)16-7-10(17)15-2;/h3-6H,7,14H2,1-2H3,(H,15,17)(H,16,18);1H. The average molecular weight is 351 g/mol. The summed E-state index contributed by atoms with van der Waals surface area (Å²) in [6.45, 7) is 1.52. The fourth-order valence-electron chi connectivity index (χ4n) is 1.36. The largest absolute Gasteiger partial charge is 0.358 e. The van der Waals surface area contributed by atoms with E-state index in [-0.39, 0.29) is 24.9 Å². The summed E-state index contributed by atoms with van der Waals surface area (Å²) < 4.78 is 0.910. The smallest absolute Gasteiger partial charge is 0.244 e. The topological polar surface area (TPSA) is 84.2 Å². The zero-order valence-corrected chi connectivity index (χ0v) is 13.1. The predicted molar refractivity (Wildman–Crippen MR) is 80.0 cm³/mol. The van der Waals surface area contributed by atoms with Crippen LogP contribution in [-0.2, 0) is 15.1 Å². The lowest BCUT2D eigenvalue weighted by Gasteiger charge is -2.24. The highest BCUT2D eigenvalue weighted by Gasteiger charge is 2.30. The SMILES string of the molecule is CNC(=O)CNC(=O)C(C)(N)c1ccc(Br)cc1.Cl. The molecular formula is C12H17BrClN3O2. The van der Waals surface area contributed by atoms with Gasteiger partial charge in [0.2, 0.25) is 11.8 Å². The Kier molecular flexibility index (Phi) is 7.04. The summed E-state index contributed by atoms with van der Waals surface area (Å²) in [6, 6.07) is 7.16. The number of benzene rings is 1. The van der Waals surface area contributed by atoms with Gasteiger partial charge in [-0.1, -0.05) is 28.1 Å². The van der Waals surface area contributed by atoms with Crippen LogP contribution in [0.5, 0.6) is 0 Å². The molecule has 1 atom stereocenters. The van der Waals surface area contributed by atoms with E-state index in [4.69, 9.17) is 5.73 Å². The van der Waals surface area contributed by atoms with Crippen molar-refractivity contribution in [3.63, 3.8) is 0 Å². The zero-order chi connectivity index (χ0) is 13.8. The molecule has 0 aromatic heterocycles. The number of likely N-dealkylation sites (N-methyl/N-ethyl adjacent to an activating group) is 1. The number of nitrogens with two attached hydrogens (primary N) is 1. The van der Waals surface area contributed by atoms with Gasteiger partial charge in [-0.05, 0) is 24.6 Å². The molecule has 0 saturated carbocycles. The van der Waals surface area contributed by atoms with Gasteiger partial charge in [0.15, 0.2) is 0 Å². The minimum Gasteiger partial charge on any atom is -0.358 e. The minimum absolute atomic E-state index is 0. The molecule has 7 heteroatoms. The second-order valence-electron chi connectivity index (χ2n) is 4.07. The van der Waals surface area contributed by atoms with Crippen molar-refractivity contribution >= 4 is 40.2 Å². The van der Waals surface area contributed by atoms with Crippen molar-refractivity contribution in [2.45, 2.75) is 12.5 Å². The van der Waals surface area contributed by atoms with Crippen LogP contribution in [0.3, 0.4) is 0 Å². The molecule has 1 rings (SSSR count).